The minimum Gasteiger partial charge on any atom is -0.492 e. The maximum absolute atomic E-state index is 14.2. The molecule has 5 amide bonds. The molecule has 0 saturated heterocycles. The predicted molar refractivity (Wildman–Crippen MR) is 246 cm³/mol. The van der Waals surface area contributed by atoms with Crippen molar-refractivity contribution in [3.63, 3.8) is 0 Å². The van der Waals surface area contributed by atoms with Crippen LogP contribution in [0.5, 0.6) is 11.5 Å². The molecular weight excluding hydrogens is 815 g/mol. The number of benzene rings is 4. The van der Waals surface area contributed by atoms with Crippen molar-refractivity contribution in [2.24, 2.45) is 17.2 Å². The van der Waals surface area contributed by atoms with Gasteiger partial charge in [-0.3, -0.25) is 29.3 Å². The van der Waals surface area contributed by atoms with Gasteiger partial charge in [0.2, 0.25) is 17.7 Å². The van der Waals surface area contributed by atoms with E-state index in [0.717, 1.165) is 43.4 Å². The van der Waals surface area contributed by atoms with Crippen LogP contribution >= 0.6 is 0 Å². The third-order valence-corrected chi connectivity index (χ3v) is 10.4. The SMILES string of the molecule is CCCCc1ccc(-c2ccc(C(=O)NCC(=O)N(C)C3C(=O)N[C@@H](C)C(=O)NC(C(=O)NC#N)Cc4ccc(OCCN)c(c4)-c4cc3ccc4OCCN)cc2)cc1.CCCN. The summed E-state index contributed by atoms with van der Waals surface area (Å²) in [6, 6.07) is 21.8. The number of nitrogens with zero attached hydrogens (tertiary/aromatic N) is 2. The van der Waals surface area contributed by atoms with Crippen molar-refractivity contribution in [2.75, 3.05) is 46.4 Å². The quantitative estimate of drug-likeness (QED) is 0.0634. The van der Waals surface area contributed by atoms with E-state index in [1.165, 1.54) is 24.4 Å². The van der Waals surface area contributed by atoms with Crippen LogP contribution in [0.1, 0.15) is 73.1 Å². The molecule has 340 valence electrons. The second-order valence-corrected chi connectivity index (χ2v) is 15.2. The lowest BCUT2D eigenvalue weighted by molar-refractivity contribution is -0.139. The molecule has 0 spiro atoms. The fourth-order valence-electron chi connectivity index (χ4n) is 6.81. The summed E-state index contributed by atoms with van der Waals surface area (Å²) in [6.45, 7) is 6.76. The van der Waals surface area contributed by atoms with E-state index < -0.39 is 54.2 Å². The standard InChI is InChI=1S/C45H52N8O7.C3H9N/c1-4-5-6-29-7-10-31(11-8-29)32-12-14-33(15-13-32)43(56)49-26-40(54)53(3)41-34-16-18-39(60-22-20-47)36(25-34)35-23-30(9-17-38(35)59-21-19-46)24-37(44(57)50-27-48)52-42(55)28(2)51-45(41)58;1-2-3-4/h7-18,23,25,28,37,41H,4-6,19-22,24,26,46-47H2,1-3H3,(H,49,56)(H,50,57)(H,51,58)(H,52,55);2-4H2,1H3/t28-,37?,41?;/m0./s1. The van der Waals surface area contributed by atoms with Crippen LogP contribution in [0.2, 0.25) is 0 Å². The molecule has 5 rings (SSSR count). The highest BCUT2D eigenvalue weighted by Gasteiger charge is 2.33. The third-order valence-electron chi connectivity index (χ3n) is 10.4. The van der Waals surface area contributed by atoms with Crippen LogP contribution in [0, 0.1) is 11.5 Å². The number of likely N-dealkylation sites (N-methyl/N-ethyl adjacent to an activating group) is 1. The molecule has 4 aromatic carbocycles. The number of carbonyl (C=O) groups is 5. The Morgan fingerprint density at radius 1 is 0.797 bits per heavy atom. The second kappa shape index (κ2) is 25.3. The zero-order valence-corrected chi connectivity index (χ0v) is 37.1. The molecule has 16 heteroatoms. The molecule has 0 aliphatic carbocycles. The lowest BCUT2D eigenvalue weighted by Crippen LogP contribution is -2.54. The fourth-order valence-corrected chi connectivity index (χ4v) is 6.81. The highest BCUT2D eigenvalue weighted by molar-refractivity contribution is 5.98. The zero-order valence-electron chi connectivity index (χ0n) is 37.1. The molecule has 1 heterocycles. The molecule has 4 bridgehead atoms. The average molecular weight is 876 g/mol. The van der Waals surface area contributed by atoms with Gasteiger partial charge in [-0.05, 0) is 96.9 Å². The zero-order chi connectivity index (χ0) is 46.6. The van der Waals surface area contributed by atoms with Crippen molar-refractivity contribution >= 4 is 29.5 Å². The van der Waals surface area contributed by atoms with Gasteiger partial charge in [-0.25, -0.2) is 0 Å². The van der Waals surface area contributed by atoms with Crippen LogP contribution in [0.25, 0.3) is 22.3 Å². The molecule has 4 aromatic rings. The van der Waals surface area contributed by atoms with Gasteiger partial charge in [0, 0.05) is 43.2 Å². The summed E-state index contributed by atoms with van der Waals surface area (Å²) >= 11 is 0. The first-order chi connectivity index (χ1) is 30.9. The summed E-state index contributed by atoms with van der Waals surface area (Å²) in [5.74, 6) is -2.48. The highest BCUT2D eigenvalue weighted by atomic mass is 16.5. The number of nitrogens with one attached hydrogen (secondary N) is 4. The first kappa shape index (κ1) is 49.9. The molecule has 1 aliphatic heterocycles. The van der Waals surface area contributed by atoms with Gasteiger partial charge < -0.3 is 47.5 Å². The number of rotatable bonds is 16. The normalized spacial score (nSPS) is 15.7. The minimum absolute atomic E-state index is 0.0223. The Bertz CT molecular complexity index is 2240. The van der Waals surface area contributed by atoms with Crippen molar-refractivity contribution in [1.82, 2.24) is 26.2 Å². The number of unbranched alkanes of at least 4 members (excludes halogenated alkanes) is 1. The van der Waals surface area contributed by atoms with E-state index in [2.05, 4.69) is 59.4 Å². The van der Waals surface area contributed by atoms with Crippen LogP contribution in [-0.4, -0.2) is 93.0 Å². The number of amides is 5. The van der Waals surface area contributed by atoms with E-state index in [4.69, 9.17) is 26.7 Å². The molecule has 16 nitrogen and oxygen atoms in total. The summed E-state index contributed by atoms with van der Waals surface area (Å²) in [7, 11) is 1.42. The Kier molecular flexibility index (Phi) is 19.7. The van der Waals surface area contributed by atoms with Crippen molar-refractivity contribution in [3.8, 4) is 39.9 Å². The summed E-state index contributed by atoms with van der Waals surface area (Å²) in [4.78, 5) is 69.1. The number of aryl methyl sites for hydroxylation is 1. The van der Waals surface area contributed by atoms with Gasteiger partial charge in [0.1, 0.15) is 42.8 Å². The summed E-state index contributed by atoms with van der Waals surface area (Å²) in [6.07, 6.45) is 5.95. The number of nitriles is 1. The summed E-state index contributed by atoms with van der Waals surface area (Å²) in [5, 5.41) is 19.3. The Morgan fingerprint density at radius 2 is 1.39 bits per heavy atom. The number of fused-ring (bicyclic) bond motifs is 5. The molecule has 2 unspecified atom stereocenters. The molecule has 1 aliphatic rings. The van der Waals surface area contributed by atoms with Gasteiger partial charge in [-0.2, -0.15) is 5.26 Å². The van der Waals surface area contributed by atoms with Crippen LogP contribution in [0.3, 0.4) is 0 Å². The largest absolute Gasteiger partial charge is 0.492 e. The highest BCUT2D eigenvalue weighted by Crippen LogP contribution is 2.40. The molecular formula is C48H61N9O7. The van der Waals surface area contributed by atoms with Crippen LogP contribution in [-0.2, 0) is 32.0 Å². The van der Waals surface area contributed by atoms with Crippen LogP contribution < -0.4 is 47.9 Å². The van der Waals surface area contributed by atoms with E-state index in [0.29, 0.717) is 39.3 Å². The van der Waals surface area contributed by atoms with Crippen molar-refractivity contribution in [1.29, 1.82) is 5.26 Å². The Hall–Kier alpha value is -6.80. The summed E-state index contributed by atoms with van der Waals surface area (Å²) < 4.78 is 12.1. The molecule has 3 atom stereocenters. The maximum atomic E-state index is 14.2. The number of hydrogen-bond donors (Lipinski definition) is 7. The lowest BCUT2D eigenvalue weighted by Gasteiger charge is -2.30. The van der Waals surface area contributed by atoms with Crippen molar-refractivity contribution in [2.45, 2.75) is 71.0 Å². The molecule has 0 saturated carbocycles. The topological polar surface area (TPSA) is 257 Å². The molecule has 0 fully saturated rings. The number of hydrogen-bond acceptors (Lipinski definition) is 11. The molecule has 10 N–H and O–H groups in total. The predicted octanol–water partition coefficient (Wildman–Crippen LogP) is 3.47. The number of nitrogens with two attached hydrogens (primary N) is 3. The smallest absolute Gasteiger partial charge is 0.255 e. The van der Waals surface area contributed by atoms with Gasteiger partial charge >= 0.3 is 0 Å². The fraction of sp³-hybridized carbons (Fsp3) is 0.375. The van der Waals surface area contributed by atoms with E-state index in [-0.39, 0.29) is 32.7 Å². The lowest BCUT2D eigenvalue weighted by atomic mass is 9.93. The molecule has 0 radical (unpaired) electrons. The maximum Gasteiger partial charge on any atom is 0.255 e. The van der Waals surface area contributed by atoms with Crippen molar-refractivity contribution in [3.05, 3.63) is 107 Å². The van der Waals surface area contributed by atoms with E-state index in [1.54, 1.807) is 54.7 Å². The minimum atomic E-state index is -1.32. The Morgan fingerprint density at radius 3 is 1.97 bits per heavy atom. The van der Waals surface area contributed by atoms with Gasteiger partial charge in [0.15, 0.2) is 6.19 Å². The van der Waals surface area contributed by atoms with Gasteiger partial charge in [0.05, 0.1) is 6.54 Å². The average Bonchev–Trinajstić information content (AvgIpc) is 3.31. The molecule has 64 heavy (non-hydrogen) atoms. The summed E-state index contributed by atoms with van der Waals surface area (Å²) in [5.41, 5.74) is 22.1. The molecule has 0 aromatic heterocycles. The van der Waals surface area contributed by atoms with Gasteiger partial charge in [-0.1, -0.05) is 68.8 Å². The second-order valence-electron chi connectivity index (χ2n) is 15.2. The Balaban J connectivity index is 0.00000215. The van der Waals surface area contributed by atoms with E-state index >= 15 is 0 Å². The number of ether oxygens (including phenoxy) is 2. The third kappa shape index (κ3) is 13.9. The van der Waals surface area contributed by atoms with Crippen LogP contribution in [0.4, 0.5) is 0 Å². The monoisotopic (exact) mass is 875 g/mol. The van der Waals surface area contributed by atoms with Gasteiger partial charge in [-0.15, -0.1) is 0 Å². The van der Waals surface area contributed by atoms with E-state index in [1.807, 2.05) is 12.1 Å². The van der Waals surface area contributed by atoms with Gasteiger partial charge in [0.25, 0.3) is 11.8 Å². The van der Waals surface area contributed by atoms with Crippen LogP contribution in [0.15, 0.2) is 84.9 Å². The van der Waals surface area contributed by atoms with E-state index in [9.17, 15) is 29.2 Å². The number of carbonyl (C=O) groups excluding carboxylic acids is 5. The first-order valence-electron chi connectivity index (χ1n) is 21.5. The Labute approximate surface area is 375 Å². The first-order valence-corrected chi connectivity index (χ1v) is 21.5. The van der Waals surface area contributed by atoms with Crippen molar-refractivity contribution < 1.29 is 33.4 Å².